The fourth-order valence-corrected chi connectivity index (χ4v) is 1.46. The third kappa shape index (κ3) is 4.84. The maximum absolute atomic E-state index is 11.5. The van der Waals surface area contributed by atoms with Gasteiger partial charge in [0.25, 0.3) is 0 Å². The Balaban J connectivity index is 2.59. The number of carbonyl (C=O) groups is 1. The number of ether oxygens (including phenoxy) is 1. The van der Waals surface area contributed by atoms with Crippen LogP contribution in [0.1, 0.15) is 32.4 Å². The molecule has 0 radical (unpaired) electrons. The molecule has 1 atom stereocenters. The van der Waals surface area contributed by atoms with Crippen LogP contribution in [0.25, 0.3) is 0 Å². The van der Waals surface area contributed by atoms with E-state index in [1.54, 1.807) is 20.8 Å². The van der Waals surface area contributed by atoms with Gasteiger partial charge in [-0.1, -0.05) is 5.10 Å². The standard InChI is InChI=1S/C11H19N5O4/c1-11(2,3)20-10(17)13-6-7(5-12)8-4-9(15-14-8)16(18)19/h4,7H,5-6,12H2,1-3H3,(H,13,17)(H,14,15). The molecule has 0 aromatic carbocycles. The zero-order valence-corrected chi connectivity index (χ0v) is 11.7. The van der Waals surface area contributed by atoms with E-state index in [1.807, 2.05) is 0 Å². The Hall–Kier alpha value is -2.16. The third-order valence-corrected chi connectivity index (χ3v) is 2.38. The van der Waals surface area contributed by atoms with E-state index in [2.05, 4.69) is 15.5 Å². The van der Waals surface area contributed by atoms with Gasteiger partial charge in [0.15, 0.2) is 0 Å². The lowest BCUT2D eigenvalue weighted by Gasteiger charge is -2.20. The Morgan fingerprint density at radius 3 is 2.75 bits per heavy atom. The van der Waals surface area contributed by atoms with Gasteiger partial charge >= 0.3 is 11.9 Å². The number of hydrogen-bond acceptors (Lipinski definition) is 6. The third-order valence-electron chi connectivity index (χ3n) is 2.38. The molecule has 0 aliphatic heterocycles. The van der Waals surface area contributed by atoms with Crippen molar-refractivity contribution in [1.82, 2.24) is 15.5 Å². The second-order valence-electron chi connectivity index (χ2n) is 5.25. The molecule has 1 aromatic heterocycles. The van der Waals surface area contributed by atoms with E-state index in [1.165, 1.54) is 6.07 Å². The van der Waals surface area contributed by atoms with E-state index < -0.39 is 16.6 Å². The first-order valence-corrected chi connectivity index (χ1v) is 6.09. The number of H-pyrrole nitrogens is 1. The van der Waals surface area contributed by atoms with Crippen LogP contribution in [-0.4, -0.2) is 39.9 Å². The van der Waals surface area contributed by atoms with Crippen LogP contribution in [0.2, 0.25) is 0 Å². The van der Waals surface area contributed by atoms with Gasteiger partial charge < -0.3 is 25.9 Å². The van der Waals surface area contributed by atoms with E-state index in [0.717, 1.165) is 0 Å². The lowest BCUT2D eigenvalue weighted by Crippen LogP contribution is -2.36. The van der Waals surface area contributed by atoms with Gasteiger partial charge in [-0.15, -0.1) is 5.10 Å². The van der Waals surface area contributed by atoms with E-state index in [0.29, 0.717) is 5.69 Å². The monoisotopic (exact) mass is 285 g/mol. The molecule has 1 unspecified atom stereocenters. The topological polar surface area (TPSA) is 136 Å². The molecule has 9 heteroatoms. The summed E-state index contributed by atoms with van der Waals surface area (Å²) in [6.07, 6.45) is -0.569. The van der Waals surface area contributed by atoms with Crippen LogP contribution in [-0.2, 0) is 4.74 Å². The summed E-state index contributed by atoms with van der Waals surface area (Å²) in [5.41, 5.74) is 5.42. The zero-order valence-electron chi connectivity index (χ0n) is 11.7. The molecule has 0 saturated carbocycles. The largest absolute Gasteiger partial charge is 0.444 e. The highest BCUT2D eigenvalue weighted by atomic mass is 16.6. The van der Waals surface area contributed by atoms with Gasteiger partial charge in [0, 0.05) is 19.0 Å². The first kappa shape index (κ1) is 15.9. The summed E-state index contributed by atoms with van der Waals surface area (Å²) in [5, 5.41) is 19.2. The molecule has 112 valence electrons. The van der Waals surface area contributed by atoms with Gasteiger partial charge in [-0.2, -0.15) is 0 Å². The Morgan fingerprint density at radius 2 is 2.30 bits per heavy atom. The van der Waals surface area contributed by atoms with Crippen LogP contribution in [0.5, 0.6) is 0 Å². The molecule has 1 amide bonds. The number of carbonyl (C=O) groups excluding carboxylic acids is 1. The molecule has 20 heavy (non-hydrogen) atoms. The van der Waals surface area contributed by atoms with Gasteiger partial charge in [-0.3, -0.25) is 0 Å². The molecule has 9 nitrogen and oxygen atoms in total. The molecular weight excluding hydrogens is 266 g/mol. The average Bonchev–Trinajstić information content (AvgIpc) is 2.77. The molecular formula is C11H19N5O4. The van der Waals surface area contributed by atoms with Crippen LogP contribution in [0.3, 0.4) is 0 Å². The number of rotatable bonds is 5. The van der Waals surface area contributed by atoms with Crippen molar-refractivity contribution < 1.29 is 14.5 Å². The highest BCUT2D eigenvalue weighted by molar-refractivity contribution is 5.67. The maximum Gasteiger partial charge on any atom is 0.407 e. The summed E-state index contributed by atoms with van der Waals surface area (Å²) in [4.78, 5) is 21.5. The molecule has 0 fully saturated rings. The molecule has 4 N–H and O–H groups in total. The van der Waals surface area contributed by atoms with Crippen molar-refractivity contribution in [2.45, 2.75) is 32.3 Å². The summed E-state index contributed by atoms with van der Waals surface area (Å²) in [5.74, 6) is -0.539. The predicted molar refractivity (Wildman–Crippen MR) is 71.3 cm³/mol. The highest BCUT2D eigenvalue weighted by Gasteiger charge is 2.21. The van der Waals surface area contributed by atoms with Gasteiger partial charge in [0.2, 0.25) is 0 Å². The van der Waals surface area contributed by atoms with E-state index in [9.17, 15) is 14.9 Å². The van der Waals surface area contributed by atoms with Crippen molar-refractivity contribution in [1.29, 1.82) is 0 Å². The van der Waals surface area contributed by atoms with Crippen molar-refractivity contribution in [3.63, 3.8) is 0 Å². The SMILES string of the molecule is CC(C)(C)OC(=O)NCC(CN)c1cc([N+](=O)[O-])[nH]n1. The summed E-state index contributed by atoms with van der Waals surface area (Å²) < 4.78 is 5.08. The first-order chi connectivity index (χ1) is 9.23. The Bertz CT molecular complexity index is 479. The summed E-state index contributed by atoms with van der Waals surface area (Å²) in [6.45, 7) is 5.64. The number of nitrogens with one attached hydrogen (secondary N) is 2. The Kier molecular flexibility index (Phi) is 5.03. The predicted octanol–water partition coefficient (Wildman–Crippen LogP) is 0.885. The quantitative estimate of drug-likeness (QED) is 0.542. The minimum absolute atomic E-state index is 0.188. The maximum atomic E-state index is 11.5. The molecule has 0 aliphatic rings. The van der Waals surface area contributed by atoms with Crippen molar-refractivity contribution in [2.75, 3.05) is 13.1 Å². The van der Waals surface area contributed by atoms with Gasteiger partial charge in [-0.25, -0.2) is 4.79 Å². The van der Waals surface area contributed by atoms with Crippen molar-refractivity contribution >= 4 is 11.9 Å². The normalized spacial score (nSPS) is 12.8. The lowest BCUT2D eigenvalue weighted by molar-refractivity contribution is -0.389. The number of nitrogens with zero attached hydrogens (tertiary/aromatic N) is 2. The fourth-order valence-electron chi connectivity index (χ4n) is 1.46. The van der Waals surface area contributed by atoms with Crippen LogP contribution in [0.15, 0.2) is 6.07 Å². The molecule has 1 rings (SSSR count). The van der Waals surface area contributed by atoms with Gasteiger partial charge in [0.05, 0.1) is 11.8 Å². The lowest BCUT2D eigenvalue weighted by atomic mass is 10.1. The van der Waals surface area contributed by atoms with Crippen molar-refractivity contribution in [3.05, 3.63) is 21.9 Å². The molecule has 0 bridgehead atoms. The van der Waals surface area contributed by atoms with Gasteiger partial charge in [0.1, 0.15) is 5.60 Å². The Labute approximate surface area is 116 Å². The minimum Gasteiger partial charge on any atom is -0.444 e. The van der Waals surface area contributed by atoms with Crippen LogP contribution >= 0.6 is 0 Å². The number of nitrogens with two attached hydrogens (primary N) is 1. The number of amides is 1. The number of alkyl carbamates (subject to hydrolysis) is 1. The number of aromatic nitrogens is 2. The average molecular weight is 285 g/mol. The van der Waals surface area contributed by atoms with Crippen LogP contribution in [0.4, 0.5) is 10.6 Å². The summed E-state index contributed by atoms with van der Waals surface area (Å²) in [6, 6.07) is 1.30. The van der Waals surface area contributed by atoms with Crippen LogP contribution < -0.4 is 11.1 Å². The Morgan fingerprint density at radius 1 is 1.65 bits per heavy atom. The number of hydrogen-bond donors (Lipinski definition) is 3. The van der Waals surface area contributed by atoms with E-state index in [4.69, 9.17) is 10.5 Å². The summed E-state index contributed by atoms with van der Waals surface area (Å²) in [7, 11) is 0. The van der Waals surface area contributed by atoms with E-state index >= 15 is 0 Å². The summed E-state index contributed by atoms with van der Waals surface area (Å²) >= 11 is 0. The molecule has 0 aliphatic carbocycles. The smallest absolute Gasteiger partial charge is 0.407 e. The molecule has 1 aromatic rings. The zero-order chi connectivity index (χ0) is 15.3. The van der Waals surface area contributed by atoms with Crippen molar-refractivity contribution in [3.8, 4) is 0 Å². The fraction of sp³-hybridized carbons (Fsp3) is 0.636. The number of nitro groups is 1. The second kappa shape index (κ2) is 6.33. The highest BCUT2D eigenvalue weighted by Crippen LogP contribution is 2.16. The molecule has 0 saturated heterocycles. The first-order valence-electron chi connectivity index (χ1n) is 6.09. The minimum atomic E-state index is -0.590. The molecule has 1 heterocycles. The van der Waals surface area contributed by atoms with Gasteiger partial charge in [-0.05, 0) is 25.7 Å². The van der Waals surface area contributed by atoms with E-state index in [-0.39, 0.29) is 24.8 Å². The molecule has 0 spiro atoms. The second-order valence-corrected chi connectivity index (χ2v) is 5.25. The van der Waals surface area contributed by atoms with Crippen molar-refractivity contribution in [2.24, 2.45) is 5.73 Å². The number of aromatic amines is 1. The van der Waals surface area contributed by atoms with Crippen LogP contribution in [0, 0.1) is 10.1 Å².